The summed E-state index contributed by atoms with van der Waals surface area (Å²) in [5.41, 5.74) is 0.117. The summed E-state index contributed by atoms with van der Waals surface area (Å²) < 4.78 is 0. The molecule has 0 atom stereocenters. The number of piperazine rings is 2. The van der Waals surface area contributed by atoms with Crippen LogP contribution in [0.15, 0.2) is 11.8 Å². The fourth-order valence-corrected chi connectivity index (χ4v) is 2.84. The highest BCUT2D eigenvalue weighted by Gasteiger charge is 2.18. The van der Waals surface area contributed by atoms with Gasteiger partial charge in [0.15, 0.2) is 0 Å². The van der Waals surface area contributed by atoms with Gasteiger partial charge in [-0.05, 0) is 0 Å². The van der Waals surface area contributed by atoms with Crippen molar-refractivity contribution in [3.05, 3.63) is 11.8 Å². The third kappa shape index (κ3) is 5.51. The van der Waals surface area contributed by atoms with E-state index < -0.39 is 0 Å². The van der Waals surface area contributed by atoms with E-state index in [9.17, 15) is 14.9 Å². The molecule has 132 valence electrons. The van der Waals surface area contributed by atoms with Gasteiger partial charge < -0.3 is 20.4 Å². The fraction of sp³-hybridized carbons (Fsp3) is 0.688. The maximum atomic E-state index is 12.1. The van der Waals surface area contributed by atoms with Crippen LogP contribution < -0.4 is 10.6 Å². The first kappa shape index (κ1) is 18.2. The van der Waals surface area contributed by atoms with Gasteiger partial charge in [-0.15, -0.1) is 0 Å². The van der Waals surface area contributed by atoms with E-state index >= 15 is 0 Å². The Bertz CT molecular complexity index is 513. The van der Waals surface area contributed by atoms with Crippen molar-refractivity contribution in [3.8, 4) is 6.07 Å². The molecule has 0 aromatic heterocycles. The molecular formula is C16H26N6O2. The molecule has 2 fully saturated rings. The molecule has 2 rings (SSSR count). The molecule has 0 aromatic carbocycles. The Morgan fingerprint density at radius 3 is 2.42 bits per heavy atom. The van der Waals surface area contributed by atoms with Crippen molar-refractivity contribution in [2.45, 2.75) is 6.92 Å². The van der Waals surface area contributed by atoms with E-state index in [-0.39, 0.29) is 17.4 Å². The lowest BCUT2D eigenvalue weighted by Crippen LogP contribution is -2.47. The molecule has 24 heavy (non-hydrogen) atoms. The summed E-state index contributed by atoms with van der Waals surface area (Å²) >= 11 is 0. The summed E-state index contributed by atoms with van der Waals surface area (Å²) in [5.74, 6) is -0.272. The quantitative estimate of drug-likeness (QED) is 0.474. The lowest BCUT2D eigenvalue weighted by Gasteiger charge is -2.33. The van der Waals surface area contributed by atoms with Gasteiger partial charge in [0.25, 0.3) is 5.91 Å². The van der Waals surface area contributed by atoms with Crippen LogP contribution in [-0.2, 0) is 9.59 Å². The normalized spacial score (nSPS) is 19.8. The molecule has 0 bridgehead atoms. The minimum Gasteiger partial charge on any atom is -0.373 e. The van der Waals surface area contributed by atoms with Gasteiger partial charge in [0.2, 0.25) is 5.91 Å². The van der Waals surface area contributed by atoms with Crippen molar-refractivity contribution in [1.82, 2.24) is 25.3 Å². The first-order valence-corrected chi connectivity index (χ1v) is 8.43. The maximum Gasteiger partial charge on any atom is 0.263 e. The van der Waals surface area contributed by atoms with E-state index in [2.05, 4.69) is 15.5 Å². The second kappa shape index (κ2) is 9.25. The van der Waals surface area contributed by atoms with E-state index in [1.54, 1.807) is 18.0 Å². The van der Waals surface area contributed by atoms with Crippen molar-refractivity contribution in [1.29, 1.82) is 5.26 Å². The first-order valence-electron chi connectivity index (χ1n) is 8.43. The molecule has 2 amide bonds. The van der Waals surface area contributed by atoms with Gasteiger partial charge in [0, 0.05) is 78.6 Å². The zero-order valence-electron chi connectivity index (χ0n) is 14.3. The molecule has 2 heterocycles. The topological polar surface area (TPSA) is 91.7 Å². The van der Waals surface area contributed by atoms with Gasteiger partial charge in [0.05, 0.1) is 0 Å². The van der Waals surface area contributed by atoms with Gasteiger partial charge in [-0.1, -0.05) is 0 Å². The number of carbonyl (C=O) groups excluding carboxylic acids is 2. The average molecular weight is 334 g/mol. The lowest BCUT2D eigenvalue weighted by atomic mass is 10.2. The second-order valence-electron chi connectivity index (χ2n) is 6.04. The molecule has 0 saturated carbocycles. The smallest absolute Gasteiger partial charge is 0.263 e. The van der Waals surface area contributed by atoms with Crippen LogP contribution in [-0.4, -0.2) is 92.0 Å². The molecule has 2 N–H and O–H groups in total. The van der Waals surface area contributed by atoms with Gasteiger partial charge in [0.1, 0.15) is 11.6 Å². The second-order valence-corrected chi connectivity index (χ2v) is 6.04. The lowest BCUT2D eigenvalue weighted by molar-refractivity contribution is -0.130. The van der Waals surface area contributed by atoms with Crippen molar-refractivity contribution < 1.29 is 9.59 Å². The summed E-state index contributed by atoms with van der Waals surface area (Å²) in [6.07, 6.45) is 1.61. The summed E-state index contributed by atoms with van der Waals surface area (Å²) in [6.45, 7) is 9.32. The summed E-state index contributed by atoms with van der Waals surface area (Å²) in [4.78, 5) is 29.4. The maximum absolute atomic E-state index is 12.1. The van der Waals surface area contributed by atoms with E-state index in [4.69, 9.17) is 0 Å². The summed E-state index contributed by atoms with van der Waals surface area (Å²) in [5, 5.41) is 15.3. The number of hydrogen-bond acceptors (Lipinski definition) is 6. The number of amides is 2. The average Bonchev–Trinajstić information content (AvgIpc) is 2.60. The van der Waals surface area contributed by atoms with Gasteiger partial charge >= 0.3 is 0 Å². The number of nitrogens with one attached hydrogen (secondary N) is 2. The van der Waals surface area contributed by atoms with Crippen molar-refractivity contribution >= 4 is 11.8 Å². The Morgan fingerprint density at radius 1 is 1.17 bits per heavy atom. The van der Waals surface area contributed by atoms with Crippen LogP contribution >= 0.6 is 0 Å². The van der Waals surface area contributed by atoms with Crippen LogP contribution in [0.2, 0.25) is 0 Å². The predicted molar refractivity (Wildman–Crippen MR) is 89.8 cm³/mol. The van der Waals surface area contributed by atoms with Gasteiger partial charge in [-0.2, -0.15) is 5.26 Å². The first-order chi connectivity index (χ1) is 11.6. The molecule has 0 aliphatic carbocycles. The number of hydrogen-bond donors (Lipinski definition) is 2. The molecule has 0 spiro atoms. The molecule has 0 radical (unpaired) electrons. The minimum absolute atomic E-state index is 0.0600. The van der Waals surface area contributed by atoms with Crippen LogP contribution in [0.1, 0.15) is 6.92 Å². The van der Waals surface area contributed by atoms with Crippen LogP contribution in [0.4, 0.5) is 0 Å². The molecule has 2 aliphatic rings. The molecule has 2 saturated heterocycles. The third-order valence-corrected chi connectivity index (χ3v) is 4.36. The van der Waals surface area contributed by atoms with E-state index in [1.165, 1.54) is 0 Å². The van der Waals surface area contributed by atoms with E-state index in [0.717, 1.165) is 32.7 Å². The number of nitrogens with zero attached hydrogens (tertiary/aromatic N) is 4. The molecular weight excluding hydrogens is 308 g/mol. The Labute approximate surface area is 143 Å². The summed E-state index contributed by atoms with van der Waals surface area (Å²) in [6, 6.07) is 1.97. The third-order valence-electron chi connectivity index (χ3n) is 4.36. The van der Waals surface area contributed by atoms with E-state index in [0.29, 0.717) is 32.7 Å². The zero-order chi connectivity index (χ0) is 17.4. The standard InChI is InChI=1S/C16H26N6O2/c1-14(23)22-10-8-21(9-11-22)13-15(12-17)16(24)19-4-7-20-5-2-18-3-6-20/h13,18H,2-11H2,1H3,(H,19,24)/b15-13-. The Kier molecular flexibility index (Phi) is 7.03. The monoisotopic (exact) mass is 334 g/mol. The highest BCUT2D eigenvalue weighted by atomic mass is 16.2. The summed E-state index contributed by atoms with van der Waals surface area (Å²) in [7, 11) is 0. The number of carbonyl (C=O) groups is 2. The highest BCUT2D eigenvalue weighted by molar-refractivity contribution is 5.97. The molecule has 0 aromatic rings. The van der Waals surface area contributed by atoms with Crippen molar-refractivity contribution in [3.63, 3.8) is 0 Å². The van der Waals surface area contributed by atoms with Crippen LogP contribution in [0.5, 0.6) is 0 Å². The van der Waals surface area contributed by atoms with Crippen LogP contribution in [0.3, 0.4) is 0 Å². The number of rotatable bonds is 5. The molecule has 2 aliphatic heterocycles. The highest BCUT2D eigenvalue weighted by Crippen LogP contribution is 2.05. The van der Waals surface area contributed by atoms with Gasteiger partial charge in [-0.3, -0.25) is 14.5 Å². The minimum atomic E-state index is -0.332. The molecule has 0 unspecified atom stereocenters. The largest absolute Gasteiger partial charge is 0.373 e. The van der Waals surface area contributed by atoms with Crippen LogP contribution in [0, 0.1) is 11.3 Å². The number of nitriles is 1. The van der Waals surface area contributed by atoms with Gasteiger partial charge in [-0.25, -0.2) is 0 Å². The Morgan fingerprint density at radius 2 is 1.83 bits per heavy atom. The Hall–Kier alpha value is -2.11. The van der Waals surface area contributed by atoms with Crippen molar-refractivity contribution in [2.24, 2.45) is 0 Å². The molecule has 8 heteroatoms. The van der Waals surface area contributed by atoms with Crippen LogP contribution in [0.25, 0.3) is 0 Å². The fourth-order valence-electron chi connectivity index (χ4n) is 2.84. The predicted octanol–water partition coefficient (Wildman–Crippen LogP) is -1.42. The molecule has 8 nitrogen and oxygen atoms in total. The zero-order valence-corrected chi connectivity index (χ0v) is 14.3. The van der Waals surface area contributed by atoms with Crippen molar-refractivity contribution in [2.75, 3.05) is 65.4 Å². The SMILES string of the molecule is CC(=O)N1CCN(/C=C(/C#N)C(=O)NCCN2CCNCC2)CC1. The Balaban J connectivity index is 1.76. The van der Waals surface area contributed by atoms with E-state index in [1.807, 2.05) is 11.0 Å².